The van der Waals surface area contributed by atoms with E-state index in [0.29, 0.717) is 12.1 Å². The van der Waals surface area contributed by atoms with Crippen LogP contribution < -0.4 is 10.7 Å². The molecule has 2 N–H and O–H groups in total. The molecule has 2 aromatic rings. The first-order chi connectivity index (χ1) is 10.7. The van der Waals surface area contributed by atoms with E-state index in [9.17, 15) is 4.79 Å². The number of carbonyl (C=O) groups is 1. The SMILES string of the molecule is CCc1ccc(CNC(=O)c2cncc(/C=N\NC)c2)cc1. The molecule has 1 heterocycles. The molecule has 0 unspecified atom stereocenters. The molecule has 0 aliphatic heterocycles. The van der Waals surface area contributed by atoms with Crippen LogP contribution in [0.4, 0.5) is 0 Å². The zero-order valence-electron chi connectivity index (χ0n) is 12.8. The van der Waals surface area contributed by atoms with Crippen LogP contribution in [0, 0.1) is 0 Å². The highest BCUT2D eigenvalue weighted by atomic mass is 16.1. The number of hydrogen-bond donors (Lipinski definition) is 2. The summed E-state index contributed by atoms with van der Waals surface area (Å²) in [6.45, 7) is 2.62. The molecule has 2 rings (SSSR count). The first kappa shape index (κ1) is 15.7. The van der Waals surface area contributed by atoms with Crippen molar-refractivity contribution in [3.8, 4) is 0 Å². The summed E-state index contributed by atoms with van der Waals surface area (Å²) >= 11 is 0. The summed E-state index contributed by atoms with van der Waals surface area (Å²) in [6.07, 6.45) is 5.83. The van der Waals surface area contributed by atoms with E-state index in [1.54, 1.807) is 31.7 Å². The van der Waals surface area contributed by atoms with Crippen molar-refractivity contribution < 1.29 is 4.79 Å². The number of hydrazone groups is 1. The van der Waals surface area contributed by atoms with E-state index in [0.717, 1.165) is 17.5 Å². The van der Waals surface area contributed by atoms with E-state index in [1.807, 2.05) is 12.1 Å². The molecule has 5 nitrogen and oxygen atoms in total. The Morgan fingerprint density at radius 1 is 1.23 bits per heavy atom. The average molecular weight is 296 g/mol. The molecule has 0 radical (unpaired) electrons. The predicted molar refractivity (Wildman–Crippen MR) is 87.9 cm³/mol. The molecule has 0 saturated heterocycles. The van der Waals surface area contributed by atoms with E-state index >= 15 is 0 Å². The van der Waals surface area contributed by atoms with Crippen LogP contribution in [0.15, 0.2) is 47.8 Å². The zero-order chi connectivity index (χ0) is 15.8. The maximum absolute atomic E-state index is 12.2. The van der Waals surface area contributed by atoms with Gasteiger partial charge < -0.3 is 10.7 Å². The van der Waals surface area contributed by atoms with Gasteiger partial charge in [-0.25, -0.2) is 0 Å². The lowest BCUT2D eigenvalue weighted by Gasteiger charge is -2.06. The van der Waals surface area contributed by atoms with Crippen LogP contribution in [0.3, 0.4) is 0 Å². The number of nitrogens with zero attached hydrogens (tertiary/aromatic N) is 2. The quantitative estimate of drug-likeness (QED) is 0.634. The lowest BCUT2D eigenvalue weighted by molar-refractivity contribution is 0.0950. The fourth-order valence-corrected chi connectivity index (χ4v) is 1.97. The number of amides is 1. The molecule has 0 aliphatic carbocycles. The second-order valence-electron chi connectivity index (χ2n) is 4.84. The van der Waals surface area contributed by atoms with E-state index in [4.69, 9.17) is 0 Å². The number of pyridine rings is 1. The first-order valence-corrected chi connectivity index (χ1v) is 7.23. The Morgan fingerprint density at radius 2 is 1.95 bits per heavy atom. The third-order valence-electron chi connectivity index (χ3n) is 3.25. The minimum atomic E-state index is -0.147. The summed E-state index contributed by atoms with van der Waals surface area (Å²) in [5, 5.41) is 6.80. The maximum atomic E-state index is 12.2. The van der Waals surface area contributed by atoms with E-state index in [-0.39, 0.29) is 5.91 Å². The molecule has 0 saturated carbocycles. The molecular weight excluding hydrogens is 276 g/mol. The smallest absolute Gasteiger partial charge is 0.253 e. The van der Waals surface area contributed by atoms with Gasteiger partial charge in [0.25, 0.3) is 5.91 Å². The van der Waals surface area contributed by atoms with Crippen molar-refractivity contribution in [1.82, 2.24) is 15.7 Å². The predicted octanol–water partition coefficient (Wildman–Crippen LogP) is 2.13. The second kappa shape index (κ2) is 7.93. The van der Waals surface area contributed by atoms with Crippen molar-refractivity contribution in [3.05, 3.63) is 65.0 Å². The third kappa shape index (κ3) is 4.41. The molecule has 0 spiro atoms. The molecule has 0 atom stereocenters. The lowest BCUT2D eigenvalue weighted by Crippen LogP contribution is -2.23. The van der Waals surface area contributed by atoms with Gasteiger partial charge in [-0.3, -0.25) is 9.78 Å². The van der Waals surface area contributed by atoms with Gasteiger partial charge in [0.1, 0.15) is 0 Å². The Hall–Kier alpha value is -2.69. The van der Waals surface area contributed by atoms with E-state index < -0.39 is 0 Å². The van der Waals surface area contributed by atoms with Crippen LogP contribution in [0.1, 0.15) is 34.0 Å². The second-order valence-corrected chi connectivity index (χ2v) is 4.84. The number of nitrogens with one attached hydrogen (secondary N) is 2. The topological polar surface area (TPSA) is 66.4 Å². The molecule has 0 fully saturated rings. The third-order valence-corrected chi connectivity index (χ3v) is 3.25. The molecular formula is C17H20N4O. The Morgan fingerprint density at radius 3 is 2.64 bits per heavy atom. The average Bonchev–Trinajstić information content (AvgIpc) is 2.58. The first-order valence-electron chi connectivity index (χ1n) is 7.23. The summed E-state index contributed by atoms with van der Waals surface area (Å²) in [5.41, 5.74) is 6.32. The summed E-state index contributed by atoms with van der Waals surface area (Å²) in [6, 6.07) is 9.99. The largest absolute Gasteiger partial charge is 0.348 e. The minimum absolute atomic E-state index is 0.147. The van der Waals surface area contributed by atoms with Crippen LogP contribution in [0.5, 0.6) is 0 Å². The maximum Gasteiger partial charge on any atom is 0.253 e. The molecule has 1 amide bonds. The van der Waals surface area contributed by atoms with Crippen molar-refractivity contribution in [3.63, 3.8) is 0 Å². The number of aryl methyl sites for hydroxylation is 1. The van der Waals surface area contributed by atoms with Crippen molar-refractivity contribution in [2.75, 3.05) is 7.05 Å². The van der Waals surface area contributed by atoms with Crippen LogP contribution in [0.2, 0.25) is 0 Å². The van der Waals surface area contributed by atoms with E-state index in [1.165, 1.54) is 5.56 Å². The fraction of sp³-hybridized carbons (Fsp3) is 0.235. The Balaban J connectivity index is 1.98. The van der Waals surface area contributed by atoms with Gasteiger partial charge in [0.2, 0.25) is 0 Å². The van der Waals surface area contributed by atoms with Gasteiger partial charge in [-0.2, -0.15) is 5.10 Å². The molecule has 5 heteroatoms. The van der Waals surface area contributed by atoms with Crippen LogP contribution in [-0.2, 0) is 13.0 Å². The monoisotopic (exact) mass is 296 g/mol. The number of rotatable bonds is 6. The van der Waals surface area contributed by atoms with Crippen molar-refractivity contribution in [2.24, 2.45) is 5.10 Å². The van der Waals surface area contributed by atoms with Gasteiger partial charge in [0, 0.05) is 31.5 Å². The molecule has 1 aromatic heterocycles. The summed E-state index contributed by atoms with van der Waals surface area (Å²) in [4.78, 5) is 16.2. The molecule has 0 bridgehead atoms. The molecule has 0 aliphatic rings. The highest BCUT2D eigenvalue weighted by Crippen LogP contribution is 2.06. The van der Waals surface area contributed by atoms with Gasteiger partial charge in [-0.15, -0.1) is 0 Å². The number of carbonyl (C=O) groups excluding carboxylic acids is 1. The summed E-state index contributed by atoms with van der Waals surface area (Å²) < 4.78 is 0. The molecule has 114 valence electrons. The van der Waals surface area contributed by atoms with Gasteiger partial charge in [0.05, 0.1) is 11.8 Å². The highest BCUT2D eigenvalue weighted by Gasteiger charge is 2.06. The molecule has 1 aromatic carbocycles. The van der Waals surface area contributed by atoms with Crippen molar-refractivity contribution >= 4 is 12.1 Å². The lowest BCUT2D eigenvalue weighted by atomic mass is 10.1. The van der Waals surface area contributed by atoms with Gasteiger partial charge >= 0.3 is 0 Å². The standard InChI is InChI=1S/C17H20N4O/c1-3-13-4-6-14(7-5-13)10-20-17(22)16-8-15(9-19-12-16)11-21-18-2/h4-9,11-12,18H,3,10H2,1-2H3,(H,20,22)/b21-11-. The molecule has 22 heavy (non-hydrogen) atoms. The summed E-state index contributed by atoms with van der Waals surface area (Å²) in [5.74, 6) is -0.147. The van der Waals surface area contributed by atoms with Crippen LogP contribution in [-0.4, -0.2) is 24.2 Å². The van der Waals surface area contributed by atoms with Crippen LogP contribution in [0.25, 0.3) is 0 Å². The number of benzene rings is 1. The number of aromatic nitrogens is 1. The van der Waals surface area contributed by atoms with Crippen LogP contribution >= 0.6 is 0 Å². The van der Waals surface area contributed by atoms with Gasteiger partial charge in [0.15, 0.2) is 0 Å². The highest BCUT2D eigenvalue weighted by molar-refractivity contribution is 5.95. The minimum Gasteiger partial charge on any atom is -0.348 e. The zero-order valence-corrected chi connectivity index (χ0v) is 12.8. The Labute approximate surface area is 130 Å². The Bertz CT molecular complexity index is 650. The Kier molecular flexibility index (Phi) is 5.65. The summed E-state index contributed by atoms with van der Waals surface area (Å²) in [7, 11) is 1.71. The number of hydrogen-bond acceptors (Lipinski definition) is 4. The fourth-order valence-electron chi connectivity index (χ4n) is 1.97. The van der Waals surface area contributed by atoms with Gasteiger partial charge in [-0.05, 0) is 23.6 Å². The van der Waals surface area contributed by atoms with Gasteiger partial charge in [-0.1, -0.05) is 31.2 Å². The van der Waals surface area contributed by atoms with Crippen molar-refractivity contribution in [2.45, 2.75) is 19.9 Å². The normalized spacial score (nSPS) is 10.6. The van der Waals surface area contributed by atoms with E-state index in [2.05, 4.69) is 39.9 Å². The van der Waals surface area contributed by atoms with Crippen molar-refractivity contribution in [1.29, 1.82) is 0 Å².